The summed E-state index contributed by atoms with van der Waals surface area (Å²) in [6, 6.07) is 14.1. The van der Waals surface area contributed by atoms with Gasteiger partial charge in [0.15, 0.2) is 0 Å². The highest BCUT2D eigenvalue weighted by Crippen LogP contribution is 2.22. The summed E-state index contributed by atoms with van der Waals surface area (Å²) in [4.78, 5) is 16.5. The standard InChI is InChI=1S/C19H18FN3O2S/c1-12-8-9-14(10-16(12)20)18-22-17(25-23-18)11-26-13(2)19(24)21-15-6-4-3-5-7-15/h3-10,13H,11H2,1-2H3,(H,21,24). The number of halogens is 1. The van der Waals surface area contributed by atoms with Gasteiger partial charge in [-0.15, -0.1) is 11.8 Å². The van der Waals surface area contributed by atoms with Crippen LogP contribution in [0.4, 0.5) is 10.1 Å². The molecule has 1 aromatic heterocycles. The molecule has 1 atom stereocenters. The predicted molar refractivity (Wildman–Crippen MR) is 100 cm³/mol. The SMILES string of the molecule is Cc1ccc(-c2noc(CSC(C)C(=O)Nc3ccccc3)n2)cc1F. The molecule has 0 saturated heterocycles. The number of amides is 1. The van der Waals surface area contributed by atoms with E-state index in [2.05, 4.69) is 15.5 Å². The number of aryl methyl sites for hydroxylation is 1. The van der Waals surface area contributed by atoms with Gasteiger partial charge in [0.25, 0.3) is 0 Å². The maximum absolute atomic E-state index is 13.7. The monoisotopic (exact) mass is 371 g/mol. The minimum absolute atomic E-state index is 0.0958. The first-order chi connectivity index (χ1) is 12.5. The zero-order chi connectivity index (χ0) is 18.5. The Morgan fingerprint density at radius 1 is 1.27 bits per heavy atom. The Balaban J connectivity index is 1.57. The highest BCUT2D eigenvalue weighted by Gasteiger charge is 2.16. The van der Waals surface area contributed by atoms with Gasteiger partial charge in [-0.25, -0.2) is 4.39 Å². The number of carbonyl (C=O) groups excluding carboxylic acids is 1. The van der Waals surface area contributed by atoms with Crippen molar-refractivity contribution in [1.29, 1.82) is 0 Å². The van der Waals surface area contributed by atoms with Crippen LogP contribution in [0.3, 0.4) is 0 Å². The zero-order valence-electron chi connectivity index (χ0n) is 14.4. The van der Waals surface area contributed by atoms with Crippen LogP contribution in [0.1, 0.15) is 18.4 Å². The second-order valence-electron chi connectivity index (χ2n) is 5.78. The fourth-order valence-electron chi connectivity index (χ4n) is 2.20. The smallest absolute Gasteiger partial charge is 0.237 e. The van der Waals surface area contributed by atoms with E-state index in [1.807, 2.05) is 37.3 Å². The lowest BCUT2D eigenvalue weighted by atomic mass is 10.1. The Morgan fingerprint density at radius 3 is 2.77 bits per heavy atom. The number of anilines is 1. The molecule has 0 radical (unpaired) electrons. The van der Waals surface area contributed by atoms with Gasteiger partial charge in [-0.05, 0) is 37.6 Å². The molecule has 0 aliphatic heterocycles. The van der Waals surface area contributed by atoms with Crippen LogP contribution in [-0.2, 0) is 10.5 Å². The van der Waals surface area contributed by atoms with E-state index in [0.717, 1.165) is 5.69 Å². The fourth-order valence-corrected chi connectivity index (χ4v) is 2.92. The van der Waals surface area contributed by atoms with Crippen molar-refractivity contribution in [2.75, 3.05) is 5.32 Å². The summed E-state index contributed by atoms with van der Waals surface area (Å²) in [6.07, 6.45) is 0. The Kier molecular flexibility index (Phi) is 5.68. The number of para-hydroxylation sites is 1. The Morgan fingerprint density at radius 2 is 2.04 bits per heavy atom. The first kappa shape index (κ1) is 18.1. The highest BCUT2D eigenvalue weighted by atomic mass is 32.2. The predicted octanol–water partition coefficient (Wildman–Crippen LogP) is 4.44. The molecule has 1 amide bonds. The topological polar surface area (TPSA) is 68.0 Å². The molecule has 0 saturated carbocycles. The molecule has 1 unspecified atom stereocenters. The molecule has 0 spiro atoms. The van der Waals surface area contributed by atoms with Gasteiger partial charge in [0, 0.05) is 11.3 Å². The van der Waals surface area contributed by atoms with Crippen molar-refractivity contribution in [3.8, 4) is 11.4 Å². The summed E-state index contributed by atoms with van der Waals surface area (Å²) in [5, 5.41) is 6.44. The Hall–Kier alpha value is -2.67. The number of carbonyl (C=O) groups is 1. The van der Waals surface area contributed by atoms with Crippen molar-refractivity contribution in [3.05, 3.63) is 65.8 Å². The number of hydrogen-bond donors (Lipinski definition) is 1. The molecule has 5 nitrogen and oxygen atoms in total. The van der Waals surface area contributed by atoms with Crippen molar-refractivity contribution in [1.82, 2.24) is 10.1 Å². The molecule has 26 heavy (non-hydrogen) atoms. The average Bonchev–Trinajstić information content (AvgIpc) is 3.12. The lowest BCUT2D eigenvalue weighted by molar-refractivity contribution is -0.115. The number of aromatic nitrogens is 2. The molecule has 0 bridgehead atoms. The third-order valence-corrected chi connectivity index (χ3v) is 4.89. The van der Waals surface area contributed by atoms with Crippen LogP contribution in [0.25, 0.3) is 11.4 Å². The summed E-state index contributed by atoms with van der Waals surface area (Å²) in [6.45, 7) is 3.51. The molecule has 3 rings (SSSR count). The van der Waals surface area contributed by atoms with Crippen LogP contribution >= 0.6 is 11.8 Å². The van der Waals surface area contributed by atoms with Crippen LogP contribution in [0.5, 0.6) is 0 Å². The largest absolute Gasteiger partial charge is 0.338 e. The van der Waals surface area contributed by atoms with E-state index in [1.165, 1.54) is 17.8 Å². The molecule has 3 aromatic rings. The number of hydrogen-bond acceptors (Lipinski definition) is 5. The van der Waals surface area contributed by atoms with Gasteiger partial charge in [-0.2, -0.15) is 4.98 Å². The minimum atomic E-state index is -0.311. The van der Waals surface area contributed by atoms with E-state index >= 15 is 0 Å². The second-order valence-corrected chi connectivity index (χ2v) is 7.11. The summed E-state index contributed by atoms with van der Waals surface area (Å²) < 4.78 is 18.9. The van der Waals surface area contributed by atoms with Gasteiger partial charge in [-0.1, -0.05) is 35.5 Å². The van der Waals surface area contributed by atoms with Gasteiger partial charge < -0.3 is 9.84 Å². The summed E-state index contributed by atoms with van der Waals surface area (Å²) >= 11 is 1.39. The lowest BCUT2D eigenvalue weighted by Crippen LogP contribution is -2.22. The first-order valence-corrected chi connectivity index (χ1v) is 9.14. The normalized spacial score (nSPS) is 12.0. The second kappa shape index (κ2) is 8.14. The van der Waals surface area contributed by atoms with E-state index in [9.17, 15) is 9.18 Å². The van der Waals surface area contributed by atoms with E-state index < -0.39 is 0 Å². The third-order valence-electron chi connectivity index (χ3n) is 3.77. The van der Waals surface area contributed by atoms with Gasteiger partial charge in [0.05, 0.1) is 11.0 Å². The van der Waals surface area contributed by atoms with Crippen LogP contribution < -0.4 is 5.32 Å². The van der Waals surface area contributed by atoms with E-state index in [-0.39, 0.29) is 17.0 Å². The van der Waals surface area contributed by atoms with Crippen molar-refractivity contribution >= 4 is 23.4 Å². The summed E-state index contributed by atoms with van der Waals surface area (Å²) in [7, 11) is 0. The molecule has 1 heterocycles. The Labute approximate surface area is 155 Å². The maximum atomic E-state index is 13.7. The van der Waals surface area contributed by atoms with E-state index in [4.69, 9.17) is 4.52 Å². The average molecular weight is 371 g/mol. The number of nitrogens with one attached hydrogen (secondary N) is 1. The number of nitrogens with zero attached hydrogens (tertiary/aromatic N) is 2. The van der Waals surface area contributed by atoms with Crippen molar-refractivity contribution in [3.63, 3.8) is 0 Å². The molecule has 1 N–H and O–H groups in total. The third kappa shape index (κ3) is 4.49. The molecule has 0 aliphatic carbocycles. The molecule has 0 aliphatic rings. The van der Waals surface area contributed by atoms with Crippen molar-refractivity contribution in [2.24, 2.45) is 0 Å². The summed E-state index contributed by atoms with van der Waals surface area (Å²) in [5.74, 6) is 0.715. The van der Waals surface area contributed by atoms with Crippen molar-refractivity contribution in [2.45, 2.75) is 24.9 Å². The van der Waals surface area contributed by atoms with E-state index in [1.54, 1.807) is 19.1 Å². The quantitative estimate of drug-likeness (QED) is 0.694. The van der Waals surface area contributed by atoms with Gasteiger partial charge in [-0.3, -0.25) is 4.79 Å². The number of thioether (sulfide) groups is 1. The van der Waals surface area contributed by atoms with Gasteiger partial charge >= 0.3 is 0 Å². The zero-order valence-corrected chi connectivity index (χ0v) is 15.2. The fraction of sp³-hybridized carbons (Fsp3) is 0.211. The minimum Gasteiger partial charge on any atom is -0.338 e. The molecule has 7 heteroatoms. The van der Waals surface area contributed by atoms with E-state index in [0.29, 0.717) is 28.6 Å². The molecule has 134 valence electrons. The van der Waals surface area contributed by atoms with Crippen LogP contribution in [-0.4, -0.2) is 21.3 Å². The van der Waals surface area contributed by atoms with Crippen LogP contribution in [0.2, 0.25) is 0 Å². The lowest BCUT2D eigenvalue weighted by Gasteiger charge is -2.10. The molecular formula is C19H18FN3O2S. The molecular weight excluding hydrogens is 353 g/mol. The molecule has 2 aromatic carbocycles. The highest BCUT2D eigenvalue weighted by molar-refractivity contribution is 7.99. The van der Waals surface area contributed by atoms with Gasteiger partial charge in [0.2, 0.25) is 17.6 Å². The van der Waals surface area contributed by atoms with Crippen LogP contribution in [0, 0.1) is 12.7 Å². The Bertz CT molecular complexity index is 899. The number of rotatable bonds is 6. The van der Waals surface area contributed by atoms with Crippen LogP contribution in [0.15, 0.2) is 53.1 Å². The van der Waals surface area contributed by atoms with Gasteiger partial charge in [0.1, 0.15) is 5.82 Å². The maximum Gasteiger partial charge on any atom is 0.237 e. The summed E-state index contributed by atoms with van der Waals surface area (Å²) in [5.41, 5.74) is 1.88. The first-order valence-electron chi connectivity index (χ1n) is 8.09. The molecule has 0 fully saturated rings. The number of benzene rings is 2. The van der Waals surface area contributed by atoms with Crippen molar-refractivity contribution < 1.29 is 13.7 Å².